The van der Waals surface area contributed by atoms with Crippen LogP contribution in [-0.2, 0) is 13.1 Å². The van der Waals surface area contributed by atoms with Crippen molar-refractivity contribution in [1.29, 1.82) is 0 Å². The summed E-state index contributed by atoms with van der Waals surface area (Å²) >= 11 is 1.50. The largest absolute Gasteiger partial charge is 0.478 e. The predicted octanol–water partition coefficient (Wildman–Crippen LogP) is 2.67. The zero-order valence-corrected chi connectivity index (χ0v) is 15.1. The van der Waals surface area contributed by atoms with E-state index in [0.717, 1.165) is 16.4 Å². The fraction of sp³-hybridized carbons (Fsp3) is 0.176. The molecule has 0 amide bonds. The Kier molecular flexibility index (Phi) is 4.47. The first kappa shape index (κ1) is 17.0. The molecule has 0 bridgehead atoms. The second-order valence-corrected chi connectivity index (χ2v) is 6.50. The number of thiazole rings is 1. The standard InChI is InChI=1S/C17H15N7O2S/c1-2-24-14-12(5-10(6-20-14)16(25)26)23-17(24)21-7-11-9-27-15(22-11)13-8-18-3-4-19-13/h3-6,8-9H,2,7H2,1H3,(H,21,23)(H,25,26). The Morgan fingerprint density at radius 2 is 2.15 bits per heavy atom. The molecule has 0 aliphatic rings. The lowest BCUT2D eigenvalue weighted by Crippen LogP contribution is -2.07. The lowest BCUT2D eigenvalue weighted by molar-refractivity contribution is 0.0696. The van der Waals surface area contributed by atoms with Gasteiger partial charge in [0.2, 0.25) is 5.95 Å². The van der Waals surface area contributed by atoms with Gasteiger partial charge in [0.1, 0.15) is 16.2 Å². The van der Waals surface area contributed by atoms with Crippen molar-refractivity contribution in [3.63, 3.8) is 0 Å². The number of hydrogen-bond donors (Lipinski definition) is 2. The topological polar surface area (TPSA) is 119 Å². The molecule has 0 fully saturated rings. The SMILES string of the molecule is CCn1c(NCc2csc(-c3cnccn3)n2)nc2cc(C(=O)O)cnc21. The van der Waals surface area contributed by atoms with E-state index in [4.69, 9.17) is 5.11 Å². The number of anilines is 1. The Morgan fingerprint density at radius 1 is 1.26 bits per heavy atom. The smallest absolute Gasteiger partial charge is 0.337 e. The molecule has 0 atom stereocenters. The number of imidazole rings is 1. The number of pyridine rings is 1. The summed E-state index contributed by atoms with van der Waals surface area (Å²) in [5, 5.41) is 15.1. The van der Waals surface area contributed by atoms with Crippen molar-refractivity contribution in [1.82, 2.24) is 29.5 Å². The summed E-state index contributed by atoms with van der Waals surface area (Å²) in [4.78, 5) is 32.7. The first-order valence-corrected chi connectivity index (χ1v) is 9.08. The van der Waals surface area contributed by atoms with Crippen molar-refractivity contribution >= 4 is 34.4 Å². The van der Waals surface area contributed by atoms with Crippen LogP contribution in [0.15, 0.2) is 36.2 Å². The van der Waals surface area contributed by atoms with Crippen molar-refractivity contribution in [2.75, 3.05) is 5.32 Å². The zero-order chi connectivity index (χ0) is 18.8. The molecule has 4 aromatic heterocycles. The normalized spacial score (nSPS) is 11.0. The minimum Gasteiger partial charge on any atom is -0.478 e. The van der Waals surface area contributed by atoms with Crippen molar-refractivity contribution in [2.45, 2.75) is 20.0 Å². The number of aryl methyl sites for hydroxylation is 1. The second-order valence-electron chi connectivity index (χ2n) is 5.64. The lowest BCUT2D eigenvalue weighted by Gasteiger charge is -2.06. The third kappa shape index (κ3) is 3.34. The number of rotatable bonds is 6. The van der Waals surface area contributed by atoms with E-state index in [0.29, 0.717) is 30.2 Å². The van der Waals surface area contributed by atoms with Gasteiger partial charge in [0.25, 0.3) is 0 Å². The summed E-state index contributed by atoms with van der Waals surface area (Å²) in [6.45, 7) is 3.11. The van der Waals surface area contributed by atoms with Crippen molar-refractivity contribution < 1.29 is 9.90 Å². The lowest BCUT2D eigenvalue weighted by atomic mass is 10.3. The van der Waals surface area contributed by atoms with Gasteiger partial charge in [0.05, 0.1) is 24.0 Å². The summed E-state index contributed by atoms with van der Waals surface area (Å²) < 4.78 is 1.90. The van der Waals surface area contributed by atoms with E-state index in [9.17, 15) is 4.79 Å². The molecule has 0 radical (unpaired) electrons. The number of aromatic nitrogens is 6. The van der Waals surface area contributed by atoms with E-state index < -0.39 is 5.97 Å². The predicted molar refractivity (Wildman–Crippen MR) is 101 cm³/mol. The first-order chi connectivity index (χ1) is 13.2. The molecule has 10 heteroatoms. The van der Waals surface area contributed by atoms with E-state index >= 15 is 0 Å². The number of nitrogens with zero attached hydrogens (tertiary/aromatic N) is 6. The minimum atomic E-state index is -1.02. The molecule has 0 spiro atoms. The number of nitrogens with one attached hydrogen (secondary N) is 1. The van der Waals surface area contributed by atoms with Crippen LogP contribution in [0.4, 0.5) is 5.95 Å². The van der Waals surface area contributed by atoms with E-state index in [1.54, 1.807) is 18.6 Å². The Morgan fingerprint density at radius 3 is 2.89 bits per heavy atom. The summed E-state index contributed by atoms with van der Waals surface area (Å²) in [6, 6.07) is 1.52. The molecular formula is C17H15N7O2S. The van der Waals surface area contributed by atoms with Gasteiger partial charge in [-0.15, -0.1) is 11.3 Å². The number of fused-ring (bicyclic) bond motifs is 1. The average Bonchev–Trinajstić information content (AvgIpc) is 3.30. The molecule has 0 aliphatic carbocycles. The van der Waals surface area contributed by atoms with Gasteiger partial charge in [0.15, 0.2) is 5.65 Å². The number of carboxylic acid groups (broad SMARTS) is 1. The Hall–Kier alpha value is -3.40. The molecule has 0 aliphatic heterocycles. The van der Waals surface area contributed by atoms with Crippen LogP contribution in [0.5, 0.6) is 0 Å². The molecule has 2 N–H and O–H groups in total. The Balaban J connectivity index is 1.57. The van der Waals surface area contributed by atoms with Crippen LogP contribution in [0.1, 0.15) is 23.0 Å². The Bertz CT molecular complexity index is 1110. The van der Waals surface area contributed by atoms with Gasteiger partial charge in [-0.25, -0.2) is 19.7 Å². The van der Waals surface area contributed by atoms with E-state index in [1.807, 2.05) is 16.9 Å². The van der Waals surface area contributed by atoms with Crippen LogP contribution in [0.2, 0.25) is 0 Å². The molecule has 4 heterocycles. The number of aromatic carboxylic acids is 1. The molecule has 9 nitrogen and oxygen atoms in total. The van der Waals surface area contributed by atoms with Gasteiger partial charge in [-0.1, -0.05) is 0 Å². The van der Waals surface area contributed by atoms with E-state index in [1.165, 1.54) is 23.6 Å². The van der Waals surface area contributed by atoms with Gasteiger partial charge < -0.3 is 10.4 Å². The third-order valence-corrected chi connectivity index (χ3v) is 4.82. The van der Waals surface area contributed by atoms with Crippen LogP contribution in [0.3, 0.4) is 0 Å². The molecule has 4 aromatic rings. The van der Waals surface area contributed by atoms with Crippen LogP contribution in [0.25, 0.3) is 21.9 Å². The fourth-order valence-electron chi connectivity index (χ4n) is 2.65. The van der Waals surface area contributed by atoms with Gasteiger partial charge in [0, 0.05) is 30.5 Å². The number of carbonyl (C=O) groups is 1. The van der Waals surface area contributed by atoms with Crippen LogP contribution < -0.4 is 5.32 Å². The molecule has 0 unspecified atom stereocenters. The molecule has 136 valence electrons. The molecule has 27 heavy (non-hydrogen) atoms. The molecular weight excluding hydrogens is 366 g/mol. The van der Waals surface area contributed by atoms with Crippen LogP contribution in [-0.4, -0.2) is 40.6 Å². The molecule has 0 saturated carbocycles. The maximum atomic E-state index is 11.1. The highest BCUT2D eigenvalue weighted by Gasteiger charge is 2.14. The van der Waals surface area contributed by atoms with Crippen molar-refractivity contribution in [3.05, 3.63) is 47.5 Å². The average molecular weight is 381 g/mol. The van der Waals surface area contributed by atoms with Gasteiger partial charge in [-0.3, -0.25) is 14.5 Å². The van der Waals surface area contributed by atoms with Crippen LogP contribution >= 0.6 is 11.3 Å². The fourth-order valence-corrected chi connectivity index (χ4v) is 3.43. The van der Waals surface area contributed by atoms with Crippen molar-refractivity contribution in [3.8, 4) is 10.7 Å². The maximum absolute atomic E-state index is 11.1. The Labute approximate surface area is 157 Å². The highest BCUT2D eigenvalue weighted by Crippen LogP contribution is 2.23. The van der Waals surface area contributed by atoms with E-state index in [2.05, 4.69) is 30.2 Å². The monoisotopic (exact) mass is 381 g/mol. The molecule has 0 aromatic carbocycles. The molecule has 0 saturated heterocycles. The third-order valence-electron chi connectivity index (χ3n) is 3.91. The number of hydrogen-bond acceptors (Lipinski definition) is 8. The van der Waals surface area contributed by atoms with E-state index in [-0.39, 0.29) is 5.56 Å². The maximum Gasteiger partial charge on any atom is 0.337 e. The zero-order valence-electron chi connectivity index (χ0n) is 14.3. The second kappa shape index (κ2) is 7.08. The van der Waals surface area contributed by atoms with Gasteiger partial charge in [-0.05, 0) is 13.0 Å². The highest BCUT2D eigenvalue weighted by molar-refractivity contribution is 7.13. The van der Waals surface area contributed by atoms with Crippen LogP contribution in [0, 0.1) is 0 Å². The van der Waals surface area contributed by atoms with Gasteiger partial charge in [-0.2, -0.15) is 0 Å². The molecule has 4 rings (SSSR count). The van der Waals surface area contributed by atoms with Crippen molar-refractivity contribution in [2.24, 2.45) is 0 Å². The summed E-state index contributed by atoms with van der Waals surface area (Å²) in [6.07, 6.45) is 6.28. The van der Waals surface area contributed by atoms with Gasteiger partial charge >= 0.3 is 5.97 Å². The summed E-state index contributed by atoms with van der Waals surface area (Å²) in [5.41, 5.74) is 2.89. The minimum absolute atomic E-state index is 0.114. The summed E-state index contributed by atoms with van der Waals surface area (Å²) in [7, 11) is 0. The summed E-state index contributed by atoms with van der Waals surface area (Å²) in [5.74, 6) is -0.402. The highest BCUT2D eigenvalue weighted by atomic mass is 32.1. The number of carboxylic acids is 1. The first-order valence-electron chi connectivity index (χ1n) is 8.20. The quantitative estimate of drug-likeness (QED) is 0.523.